The maximum Gasteiger partial charge on any atom is 0.339 e. The van der Waals surface area contributed by atoms with Gasteiger partial charge in [0.25, 0.3) is 0 Å². The number of thiophene rings is 1. The second-order valence-corrected chi connectivity index (χ2v) is 7.54. The van der Waals surface area contributed by atoms with Crippen LogP contribution >= 0.6 is 11.3 Å². The number of benzene rings is 1. The minimum absolute atomic E-state index is 0.162. The molecule has 0 unspecified atom stereocenters. The zero-order valence-corrected chi connectivity index (χ0v) is 17.8. The van der Waals surface area contributed by atoms with Gasteiger partial charge in [-0.15, -0.1) is 11.3 Å². The summed E-state index contributed by atoms with van der Waals surface area (Å²) in [6.07, 6.45) is 1.60. The molecule has 0 saturated heterocycles. The molecular weight excluding hydrogens is 423 g/mol. The van der Waals surface area contributed by atoms with E-state index in [1.165, 1.54) is 23.5 Å². The Morgan fingerprint density at radius 2 is 1.94 bits per heavy atom. The maximum atomic E-state index is 13.2. The second kappa shape index (κ2) is 10.0. The molecule has 0 spiro atoms. The molecule has 7 nitrogen and oxygen atoms in total. The fourth-order valence-electron chi connectivity index (χ4n) is 3.00. The Kier molecular flexibility index (Phi) is 7.19. The number of urea groups is 1. The molecule has 0 saturated carbocycles. The van der Waals surface area contributed by atoms with Crippen LogP contribution in [-0.2, 0) is 19.1 Å². The number of hydrogen-bond donors (Lipinski definition) is 2. The van der Waals surface area contributed by atoms with Crippen LogP contribution in [-0.4, -0.2) is 37.2 Å². The molecule has 1 aromatic carbocycles. The van der Waals surface area contributed by atoms with Gasteiger partial charge in [-0.1, -0.05) is 18.2 Å². The van der Waals surface area contributed by atoms with E-state index in [2.05, 4.69) is 10.6 Å². The smallest absolute Gasteiger partial charge is 0.339 e. The van der Waals surface area contributed by atoms with E-state index in [0.717, 1.165) is 0 Å². The van der Waals surface area contributed by atoms with Crippen LogP contribution in [0.3, 0.4) is 0 Å². The van der Waals surface area contributed by atoms with Crippen molar-refractivity contribution < 1.29 is 28.2 Å². The van der Waals surface area contributed by atoms with E-state index >= 15 is 0 Å². The summed E-state index contributed by atoms with van der Waals surface area (Å²) in [6, 6.07) is 8.14. The first-order chi connectivity index (χ1) is 14.9. The van der Waals surface area contributed by atoms with Gasteiger partial charge in [-0.3, -0.25) is 0 Å². The van der Waals surface area contributed by atoms with E-state index in [0.29, 0.717) is 10.4 Å². The van der Waals surface area contributed by atoms with E-state index in [1.54, 1.807) is 44.2 Å². The van der Waals surface area contributed by atoms with Crippen molar-refractivity contribution in [3.8, 4) is 0 Å². The van der Waals surface area contributed by atoms with Gasteiger partial charge in [-0.2, -0.15) is 0 Å². The highest BCUT2D eigenvalue weighted by molar-refractivity contribution is 7.11. The molecule has 3 rings (SSSR count). The molecule has 1 aromatic heterocycles. The monoisotopic (exact) mass is 444 g/mol. The van der Waals surface area contributed by atoms with Crippen molar-refractivity contribution in [3.05, 3.63) is 69.3 Å². The average Bonchev–Trinajstić information content (AvgIpc) is 3.25. The Morgan fingerprint density at radius 3 is 2.58 bits per heavy atom. The lowest BCUT2D eigenvalue weighted by molar-refractivity contribution is -0.140. The summed E-state index contributed by atoms with van der Waals surface area (Å²) in [5.74, 6) is -1.64. The van der Waals surface area contributed by atoms with Crippen LogP contribution in [0.4, 0.5) is 9.18 Å². The molecular formula is C22H21FN2O5S. The van der Waals surface area contributed by atoms with Crippen molar-refractivity contribution in [2.24, 2.45) is 0 Å². The summed E-state index contributed by atoms with van der Waals surface area (Å²) >= 11 is 1.35. The van der Waals surface area contributed by atoms with Gasteiger partial charge in [0.1, 0.15) is 12.4 Å². The topological polar surface area (TPSA) is 93.7 Å². The number of amides is 2. The Balaban J connectivity index is 1.86. The Bertz CT molecular complexity index is 1030. The molecule has 1 aliphatic rings. The summed E-state index contributed by atoms with van der Waals surface area (Å²) in [6.45, 7) is 3.15. The summed E-state index contributed by atoms with van der Waals surface area (Å²) < 4.78 is 23.7. The standard InChI is InChI=1S/C22H21FN2O5S/c1-3-29-21(27)19-13(2)24-22(28)25-17(19)12-30-20(26)16(18-5-4-10-31-18)11-14-6-8-15(23)9-7-14/h4-11,13H,3,12H2,1-2H3,(H2,24,25,28)/b16-11+/t13-/m1/s1. The SMILES string of the molecule is CCOC(=O)C1=C(COC(=O)/C(=C/c2ccc(F)cc2)c2cccs2)NC(=O)N[C@@H]1C. The Labute approximate surface area is 182 Å². The molecule has 1 atom stereocenters. The van der Waals surface area contributed by atoms with Crippen LogP contribution in [0.25, 0.3) is 11.6 Å². The van der Waals surface area contributed by atoms with Crippen LogP contribution < -0.4 is 10.6 Å². The highest BCUT2D eigenvalue weighted by Crippen LogP contribution is 2.25. The van der Waals surface area contributed by atoms with Crippen molar-refractivity contribution in [1.29, 1.82) is 0 Å². The predicted molar refractivity (Wildman–Crippen MR) is 114 cm³/mol. The van der Waals surface area contributed by atoms with Gasteiger partial charge < -0.3 is 20.1 Å². The first-order valence-corrected chi connectivity index (χ1v) is 10.4. The molecule has 31 heavy (non-hydrogen) atoms. The zero-order chi connectivity index (χ0) is 22.4. The van der Waals surface area contributed by atoms with Gasteiger partial charge in [0.15, 0.2) is 0 Å². The number of carbonyl (C=O) groups is 3. The molecule has 0 aliphatic carbocycles. The third-order valence-corrected chi connectivity index (χ3v) is 5.30. The van der Waals surface area contributed by atoms with Crippen LogP contribution in [0.5, 0.6) is 0 Å². The normalized spacial score (nSPS) is 16.4. The number of rotatable bonds is 7. The quantitative estimate of drug-likeness (QED) is 0.504. The first kappa shape index (κ1) is 22.2. The number of halogens is 1. The minimum atomic E-state index is -0.650. The summed E-state index contributed by atoms with van der Waals surface area (Å²) in [7, 11) is 0. The Hall–Kier alpha value is -3.46. The fraction of sp³-hybridized carbons (Fsp3) is 0.227. The number of ether oxygens (including phenoxy) is 2. The van der Waals surface area contributed by atoms with Crippen LogP contribution in [0.15, 0.2) is 53.0 Å². The lowest BCUT2D eigenvalue weighted by Gasteiger charge is -2.26. The molecule has 0 radical (unpaired) electrons. The third-order valence-electron chi connectivity index (χ3n) is 4.40. The fourth-order valence-corrected chi connectivity index (χ4v) is 3.73. The molecule has 162 valence electrons. The number of esters is 2. The van der Waals surface area contributed by atoms with Gasteiger partial charge in [0.2, 0.25) is 0 Å². The molecule has 2 heterocycles. The van der Waals surface area contributed by atoms with Crippen molar-refractivity contribution in [3.63, 3.8) is 0 Å². The van der Waals surface area contributed by atoms with Gasteiger partial charge in [0, 0.05) is 4.88 Å². The van der Waals surface area contributed by atoms with Crippen molar-refractivity contribution in [2.75, 3.05) is 13.2 Å². The molecule has 0 bridgehead atoms. The van der Waals surface area contributed by atoms with Gasteiger partial charge in [-0.25, -0.2) is 18.8 Å². The average molecular weight is 444 g/mol. The summed E-state index contributed by atoms with van der Waals surface area (Å²) in [5, 5.41) is 6.91. The molecule has 0 fully saturated rings. The molecule has 9 heteroatoms. The lowest BCUT2D eigenvalue weighted by atomic mass is 10.0. The molecule has 1 aliphatic heterocycles. The van der Waals surface area contributed by atoms with Crippen molar-refractivity contribution in [2.45, 2.75) is 19.9 Å². The van der Waals surface area contributed by atoms with E-state index in [-0.39, 0.29) is 35.9 Å². The predicted octanol–water partition coefficient (Wildman–Crippen LogP) is 3.49. The van der Waals surface area contributed by atoms with Crippen molar-refractivity contribution in [1.82, 2.24) is 10.6 Å². The van der Waals surface area contributed by atoms with Gasteiger partial charge in [0.05, 0.1) is 29.5 Å². The zero-order valence-electron chi connectivity index (χ0n) is 16.9. The second-order valence-electron chi connectivity index (χ2n) is 6.60. The number of carbonyl (C=O) groups excluding carboxylic acids is 3. The largest absolute Gasteiger partial charge is 0.463 e. The number of hydrogen-bond acceptors (Lipinski definition) is 6. The van der Waals surface area contributed by atoms with Gasteiger partial charge >= 0.3 is 18.0 Å². The Morgan fingerprint density at radius 1 is 1.19 bits per heavy atom. The molecule has 2 N–H and O–H groups in total. The van der Waals surface area contributed by atoms with Gasteiger partial charge in [-0.05, 0) is 49.1 Å². The molecule has 2 aromatic rings. The van der Waals surface area contributed by atoms with E-state index in [9.17, 15) is 18.8 Å². The third kappa shape index (κ3) is 5.58. The van der Waals surface area contributed by atoms with Crippen LogP contribution in [0.2, 0.25) is 0 Å². The van der Waals surface area contributed by atoms with E-state index in [1.807, 2.05) is 5.38 Å². The first-order valence-electron chi connectivity index (χ1n) is 9.55. The lowest BCUT2D eigenvalue weighted by Crippen LogP contribution is -2.50. The van der Waals surface area contributed by atoms with E-state index in [4.69, 9.17) is 9.47 Å². The van der Waals surface area contributed by atoms with Crippen LogP contribution in [0.1, 0.15) is 24.3 Å². The maximum absolute atomic E-state index is 13.2. The van der Waals surface area contributed by atoms with Crippen LogP contribution in [0, 0.1) is 5.82 Å². The minimum Gasteiger partial charge on any atom is -0.463 e. The molecule has 2 amide bonds. The number of nitrogens with one attached hydrogen (secondary N) is 2. The highest BCUT2D eigenvalue weighted by Gasteiger charge is 2.30. The highest BCUT2D eigenvalue weighted by atomic mass is 32.1. The van der Waals surface area contributed by atoms with E-state index < -0.39 is 24.0 Å². The summed E-state index contributed by atoms with van der Waals surface area (Å²) in [5.41, 5.74) is 1.25. The van der Waals surface area contributed by atoms with Crippen molar-refractivity contribution >= 4 is 41.0 Å². The summed E-state index contributed by atoms with van der Waals surface area (Å²) in [4.78, 5) is 37.7.